The van der Waals surface area contributed by atoms with E-state index in [0.29, 0.717) is 0 Å². The lowest BCUT2D eigenvalue weighted by Crippen LogP contribution is -2.10. The van der Waals surface area contributed by atoms with Crippen LogP contribution in [0.5, 0.6) is 0 Å². The van der Waals surface area contributed by atoms with E-state index in [-0.39, 0.29) is 0 Å². The Hall–Kier alpha value is -1.36. The molecule has 4 heteroatoms. The second-order valence-corrected chi connectivity index (χ2v) is 6.86. The maximum absolute atomic E-state index is 5.94. The van der Waals surface area contributed by atoms with Gasteiger partial charge in [0.1, 0.15) is 11.5 Å². The van der Waals surface area contributed by atoms with Crippen molar-refractivity contribution < 1.29 is 4.42 Å². The fourth-order valence-electron chi connectivity index (χ4n) is 2.24. The third-order valence-corrected chi connectivity index (χ3v) is 4.66. The summed E-state index contributed by atoms with van der Waals surface area (Å²) in [6.45, 7) is 3.72. The maximum Gasteiger partial charge on any atom is 0.134 e. The minimum atomic E-state index is 0.744. The molecule has 1 aromatic carbocycles. The van der Waals surface area contributed by atoms with Gasteiger partial charge in [0.2, 0.25) is 0 Å². The van der Waals surface area contributed by atoms with Gasteiger partial charge < -0.3 is 9.73 Å². The van der Waals surface area contributed by atoms with Gasteiger partial charge in [-0.3, -0.25) is 0 Å². The molecule has 0 spiro atoms. The number of nitrogens with one attached hydrogen (secondary N) is 1. The van der Waals surface area contributed by atoms with E-state index in [9.17, 15) is 0 Å². The van der Waals surface area contributed by atoms with Gasteiger partial charge in [-0.2, -0.15) is 0 Å². The normalized spacial score (nSPS) is 11.0. The molecule has 108 valence electrons. The average molecular weight is 362 g/mol. The van der Waals surface area contributed by atoms with E-state index in [1.54, 1.807) is 11.3 Å². The number of hydrogen-bond donors (Lipinski definition) is 1. The Kier molecular flexibility index (Phi) is 4.58. The van der Waals surface area contributed by atoms with E-state index in [4.69, 9.17) is 4.42 Å². The number of furan rings is 1. The zero-order valence-electron chi connectivity index (χ0n) is 11.7. The fourth-order valence-corrected chi connectivity index (χ4v) is 3.39. The number of thiophene rings is 1. The summed E-state index contributed by atoms with van der Waals surface area (Å²) in [7, 11) is 0. The molecule has 0 bridgehead atoms. The van der Waals surface area contributed by atoms with Gasteiger partial charge in [0.25, 0.3) is 0 Å². The van der Waals surface area contributed by atoms with Crippen molar-refractivity contribution in [1.82, 2.24) is 5.32 Å². The first-order valence-corrected chi connectivity index (χ1v) is 8.48. The third kappa shape index (κ3) is 3.64. The number of benzene rings is 1. The zero-order chi connectivity index (χ0) is 14.7. The molecular weight excluding hydrogens is 346 g/mol. The first kappa shape index (κ1) is 14.6. The quantitative estimate of drug-likeness (QED) is 0.660. The van der Waals surface area contributed by atoms with Crippen LogP contribution in [0.2, 0.25) is 0 Å². The molecule has 0 aliphatic carbocycles. The lowest BCUT2D eigenvalue weighted by molar-refractivity contribution is 0.494. The standard InChI is InChI=1S/C17H16BrNOS/c1-12-9-13(18)4-6-16(12)17-7-5-14(20-17)10-19-11-15-3-2-8-21-15/h2-9,19H,10-11H2,1H3. The van der Waals surface area contributed by atoms with Crippen LogP contribution in [0, 0.1) is 6.92 Å². The Balaban J connectivity index is 1.65. The molecule has 0 fully saturated rings. The highest BCUT2D eigenvalue weighted by Crippen LogP contribution is 2.27. The van der Waals surface area contributed by atoms with Crippen LogP contribution in [0.25, 0.3) is 11.3 Å². The van der Waals surface area contributed by atoms with E-state index >= 15 is 0 Å². The molecule has 3 aromatic rings. The molecule has 0 aliphatic heterocycles. The Morgan fingerprint density at radius 1 is 1.14 bits per heavy atom. The average Bonchev–Trinajstić information content (AvgIpc) is 3.10. The molecule has 0 amide bonds. The first-order valence-electron chi connectivity index (χ1n) is 6.81. The van der Waals surface area contributed by atoms with E-state index in [2.05, 4.69) is 57.8 Å². The third-order valence-electron chi connectivity index (χ3n) is 3.29. The minimum Gasteiger partial charge on any atom is -0.460 e. The number of halogens is 1. The molecule has 1 N–H and O–H groups in total. The number of aryl methyl sites for hydroxylation is 1. The molecule has 0 aliphatic rings. The van der Waals surface area contributed by atoms with Crippen molar-refractivity contribution in [2.24, 2.45) is 0 Å². The van der Waals surface area contributed by atoms with Crippen molar-refractivity contribution >= 4 is 27.3 Å². The Morgan fingerprint density at radius 3 is 2.81 bits per heavy atom. The molecule has 2 aromatic heterocycles. The van der Waals surface area contributed by atoms with E-state index in [1.807, 2.05) is 18.2 Å². The van der Waals surface area contributed by atoms with Gasteiger partial charge in [-0.1, -0.05) is 22.0 Å². The van der Waals surface area contributed by atoms with Crippen LogP contribution in [-0.4, -0.2) is 0 Å². The maximum atomic E-state index is 5.94. The molecule has 0 radical (unpaired) electrons. The highest BCUT2D eigenvalue weighted by atomic mass is 79.9. The lowest BCUT2D eigenvalue weighted by Gasteiger charge is -2.04. The summed E-state index contributed by atoms with van der Waals surface area (Å²) in [6.07, 6.45) is 0. The SMILES string of the molecule is Cc1cc(Br)ccc1-c1ccc(CNCc2cccs2)o1. The highest BCUT2D eigenvalue weighted by molar-refractivity contribution is 9.10. The molecule has 2 nitrogen and oxygen atoms in total. The van der Waals surface area contributed by atoms with Crippen LogP contribution in [0.4, 0.5) is 0 Å². The van der Waals surface area contributed by atoms with Gasteiger partial charge in [0, 0.05) is 21.5 Å². The lowest BCUT2D eigenvalue weighted by atomic mass is 10.1. The second kappa shape index (κ2) is 6.60. The van der Waals surface area contributed by atoms with Crippen LogP contribution >= 0.6 is 27.3 Å². The van der Waals surface area contributed by atoms with Crippen molar-refractivity contribution in [1.29, 1.82) is 0 Å². The molecular formula is C17H16BrNOS. The van der Waals surface area contributed by atoms with E-state index in [0.717, 1.165) is 34.6 Å². The predicted molar refractivity (Wildman–Crippen MR) is 91.4 cm³/mol. The van der Waals surface area contributed by atoms with Crippen LogP contribution < -0.4 is 5.32 Å². The van der Waals surface area contributed by atoms with E-state index < -0.39 is 0 Å². The molecule has 0 unspecified atom stereocenters. The van der Waals surface area contributed by atoms with Gasteiger partial charge in [0.05, 0.1) is 6.54 Å². The van der Waals surface area contributed by atoms with Crippen molar-refractivity contribution in [3.63, 3.8) is 0 Å². The monoisotopic (exact) mass is 361 g/mol. The van der Waals surface area contributed by atoms with Gasteiger partial charge >= 0.3 is 0 Å². The predicted octanol–water partition coefficient (Wildman–Crippen LogP) is 5.37. The van der Waals surface area contributed by atoms with Crippen LogP contribution in [-0.2, 0) is 13.1 Å². The summed E-state index contributed by atoms with van der Waals surface area (Å²) in [5.41, 5.74) is 2.35. The van der Waals surface area contributed by atoms with Gasteiger partial charge in [-0.25, -0.2) is 0 Å². The van der Waals surface area contributed by atoms with Gasteiger partial charge in [-0.05, 0) is 54.3 Å². The first-order chi connectivity index (χ1) is 10.2. The van der Waals surface area contributed by atoms with E-state index in [1.165, 1.54) is 10.4 Å². The van der Waals surface area contributed by atoms with Crippen LogP contribution in [0.15, 0.2) is 56.7 Å². The van der Waals surface area contributed by atoms with Crippen molar-refractivity contribution in [2.75, 3.05) is 0 Å². The topological polar surface area (TPSA) is 25.2 Å². The Labute approximate surface area is 136 Å². The smallest absolute Gasteiger partial charge is 0.134 e. The van der Waals surface area contributed by atoms with Gasteiger partial charge in [0.15, 0.2) is 0 Å². The summed E-state index contributed by atoms with van der Waals surface area (Å²) in [4.78, 5) is 1.34. The van der Waals surface area contributed by atoms with Crippen LogP contribution in [0.3, 0.4) is 0 Å². The van der Waals surface area contributed by atoms with Crippen molar-refractivity contribution in [3.05, 3.63) is 68.5 Å². The highest BCUT2D eigenvalue weighted by Gasteiger charge is 2.07. The fraction of sp³-hybridized carbons (Fsp3) is 0.176. The number of rotatable bonds is 5. The molecule has 3 rings (SSSR count). The minimum absolute atomic E-state index is 0.744. The molecule has 0 saturated carbocycles. The van der Waals surface area contributed by atoms with Crippen molar-refractivity contribution in [3.8, 4) is 11.3 Å². The molecule has 0 saturated heterocycles. The molecule has 0 atom stereocenters. The Morgan fingerprint density at radius 2 is 2.05 bits per heavy atom. The summed E-state index contributed by atoms with van der Waals surface area (Å²) in [5, 5.41) is 5.50. The molecule has 2 heterocycles. The second-order valence-electron chi connectivity index (χ2n) is 4.91. The van der Waals surface area contributed by atoms with Crippen LogP contribution in [0.1, 0.15) is 16.2 Å². The molecule has 21 heavy (non-hydrogen) atoms. The largest absolute Gasteiger partial charge is 0.460 e. The summed E-state index contributed by atoms with van der Waals surface area (Å²) in [6, 6.07) is 14.5. The Bertz CT molecular complexity index is 718. The summed E-state index contributed by atoms with van der Waals surface area (Å²) in [5.74, 6) is 1.89. The van der Waals surface area contributed by atoms with Gasteiger partial charge in [-0.15, -0.1) is 11.3 Å². The van der Waals surface area contributed by atoms with Crippen molar-refractivity contribution in [2.45, 2.75) is 20.0 Å². The summed E-state index contributed by atoms with van der Waals surface area (Å²) < 4.78 is 7.03. The zero-order valence-corrected chi connectivity index (χ0v) is 14.1. The number of hydrogen-bond acceptors (Lipinski definition) is 3. The summed E-state index contributed by atoms with van der Waals surface area (Å²) >= 11 is 5.25.